The average Bonchev–Trinajstić information content (AvgIpc) is 2.87. The van der Waals surface area contributed by atoms with E-state index in [-0.39, 0.29) is 11.6 Å². The molecule has 0 aliphatic heterocycles. The molecule has 0 saturated carbocycles. The van der Waals surface area contributed by atoms with Crippen molar-refractivity contribution in [1.82, 2.24) is 20.3 Å². The van der Waals surface area contributed by atoms with Gasteiger partial charge in [0.25, 0.3) is 5.91 Å². The van der Waals surface area contributed by atoms with Crippen molar-refractivity contribution in [3.05, 3.63) is 41.2 Å². The van der Waals surface area contributed by atoms with E-state index in [1.807, 2.05) is 45.0 Å². The summed E-state index contributed by atoms with van der Waals surface area (Å²) in [5.74, 6) is -1.43. The number of nitrogens with one attached hydrogen (secondary N) is 1. The molecule has 7 nitrogen and oxygen atoms in total. The number of nitrogens with zero attached hydrogens (tertiary/aromatic N) is 3. The molecule has 1 heterocycles. The largest absolute Gasteiger partial charge is 0.480 e. The number of carboxylic acid groups (broad SMARTS) is 1. The molecule has 128 valence electrons. The number of aryl methyl sites for hydroxylation is 1. The Morgan fingerprint density at radius 1 is 1.29 bits per heavy atom. The quantitative estimate of drug-likeness (QED) is 0.845. The third kappa shape index (κ3) is 3.98. The van der Waals surface area contributed by atoms with Gasteiger partial charge in [-0.2, -0.15) is 0 Å². The van der Waals surface area contributed by atoms with E-state index >= 15 is 0 Å². The Bertz CT molecular complexity index is 752. The summed E-state index contributed by atoms with van der Waals surface area (Å²) in [7, 11) is 0. The predicted molar refractivity (Wildman–Crippen MR) is 89.2 cm³/mol. The van der Waals surface area contributed by atoms with Gasteiger partial charge in [0.1, 0.15) is 6.04 Å². The highest BCUT2D eigenvalue weighted by Crippen LogP contribution is 2.14. The number of amides is 1. The normalized spacial score (nSPS) is 12.2. The van der Waals surface area contributed by atoms with Crippen LogP contribution < -0.4 is 5.32 Å². The molecule has 0 saturated heterocycles. The highest BCUT2D eigenvalue weighted by Gasteiger charge is 2.25. The van der Waals surface area contributed by atoms with Crippen molar-refractivity contribution in [1.29, 1.82) is 0 Å². The van der Waals surface area contributed by atoms with Gasteiger partial charge in [0.2, 0.25) is 0 Å². The number of carboxylic acids is 1. The number of aromatic nitrogens is 3. The lowest BCUT2D eigenvalue weighted by molar-refractivity contribution is -0.139. The molecule has 0 fully saturated rings. The maximum atomic E-state index is 12.4. The molecule has 0 radical (unpaired) electrons. The molecule has 0 bridgehead atoms. The van der Waals surface area contributed by atoms with Gasteiger partial charge in [0.15, 0.2) is 5.69 Å². The van der Waals surface area contributed by atoms with E-state index in [0.717, 1.165) is 11.3 Å². The lowest BCUT2D eigenvalue weighted by Gasteiger charge is -2.15. The molecule has 1 aromatic carbocycles. The molecule has 0 spiro atoms. The summed E-state index contributed by atoms with van der Waals surface area (Å²) in [6.07, 6.45) is 0.353. The van der Waals surface area contributed by atoms with Crippen LogP contribution in [0.4, 0.5) is 0 Å². The van der Waals surface area contributed by atoms with E-state index in [1.165, 1.54) is 0 Å². The summed E-state index contributed by atoms with van der Waals surface area (Å²) in [6.45, 7) is 7.50. The smallest absolute Gasteiger partial charge is 0.326 e. The highest BCUT2D eigenvalue weighted by atomic mass is 16.4. The molecule has 2 N–H and O–H groups in total. The summed E-state index contributed by atoms with van der Waals surface area (Å²) in [5, 5.41) is 19.7. The number of hydrogen-bond acceptors (Lipinski definition) is 4. The minimum Gasteiger partial charge on any atom is -0.480 e. The van der Waals surface area contributed by atoms with Crippen LogP contribution in [0.5, 0.6) is 0 Å². The molecule has 0 aliphatic carbocycles. The first-order valence-electron chi connectivity index (χ1n) is 7.82. The van der Waals surface area contributed by atoms with Crippen LogP contribution >= 0.6 is 0 Å². The zero-order valence-corrected chi connectivity index (χ0v) is 14.3. The van der Waals surface area contributed by atoms with Crippen molar-refractivity contribution in [3.63, 3.8) is 0 Å². The van der Waals surface area contributed by atoms with E-state index in [0.29, 0.717) is 12.1 Å². The van der Waals surface area contributed by atoms with E-state index in [1.54, 1.807) is 11.6 Å². The molecule has 7 heteroatoms. The van der Waals surface area contributed by atoms with Crippen molar-refractivity contribution in [2.45, 2.75) is 40.2 Å². The molecule has 24 heavy (non-hydrogen) atoms. The minimum atomic E-state index is -1.05. The lowest BCUT2D eigenvalue weighted by atomic mass is 10.0. The molecular weight excluding hydrogens is 308 g/mol. The zero-order chi connectivity index (χ0) is 17.9. The fraction of sp³-hybridized carbons (Fsp3) is 0.412. The van der Waals surface area contributed by atoms with Gasteiger partial charge in [-0.05, 0) is 43.9 Å². The third-order valence-corrected chi connectivity index (χ3v) is 3.67. The van der Waals surface area contributed by atoms with E-state index < -0.39 is 17.9 Å². The van der Waals surface area contributed by atoms with Crippen LogP contribution in [0, 0.1) is 19.8 Å². The second-order valence-corrected chi connectivity index (χ2v) is 6.27. The van der Waals surface area contributed by atoms with Gasteiger partial charge in [-0.15, -0.1) is 5.10 Å². The number of aliphatic carboxylic acids is 1. The minimum absolute atomic E-state index is 0.131. The maximum absolute atomic E-state index is 12.4. The molecule has 0 aliphatic rings. The summed E-state index contributed by atoms with van der Waals surface area (Å²) < 4.78 is 1.57. The van der Waals surface area contributed by atoms with Crippen molar-refractivity contribution < 1.29 is 14.7 Å². The lowest BCUT2D eigenvalue weighted by Crippen LogP contribution is -2.42. The number of benzene rings is 1. The number of rotatable bonds is 6. The standard InChI is InChI=1S/C17H22N4O3/c1-10(2)8-14(17(23)24)18-16(22)15-12(4)21(20-19-15)13-7-5-6-11(3)9-13/h5-7,9-10,14H,8H2,1-4H3,(H,18,22)(H,23,24)/t14-/m0/s1. The predicted octanol–water partition coefficient (Wildman–Crippen LogP) is 2.11. The van der Waals surface area contributed by atoms with Crippen molar-refractivity contribution in [3.8, 4) is 5.69 Å². The Morgan fingerprint density at radius 3 is 2.58 bits per heavy atom. The van der Waals surface area contributed by atoms with Gasteiger partial charge in [0.05, 0.1) is 11.4 Å². The monoisotopic (exact) mass is 330 g/mol. The number of carbonyl (C=O) groups excluding carboxylic acids is 1. The molecule has 0 unspecified atom stereocenters. The van der Waals surface area contributed by atoms with Crippen LogP contribution in [0.15, 0.2) is 24.3 Å². The van der Waals surface area contributed by atoms with Gasteiger partial charge < -0.3 is 10.4 Å². The topological polar surface area (TPSA) is 97.1 Å². The van der Waals surface area contributed by atoms with Gasteiger partial charge in [-0.25, -0.2) is 9.48 Å². The van der Waals surface area contributed by atoms with Gasteiger partial charge in [-0.1, -0.05) is 31.2 Å². The maximum Gasteiger partial charge on any atom is 0.326 e. The summed E-state index contributed by atoms with van der Waals surface area (Å²) >= 11 is 0. The zero-order valence-electron chi connectivity index (χ0n) is 14.3. The molecule has 1 atom stereocenters. The third-order valence-electron chi connectivity index (χ3n) is 3.67. The van der Waals surface area contributed by atoms with E-state index in [2.05, 4.69) is 15.6 Å². The Balaban J connectivity index is 2.23. The second-order valence-electron chi connectivity index (χ2n) is 6.27. The second kappa shape index (κ2) is 7.25. The summed E-state index contributed by atoms with van der Waals surface area (Å²) in [6, 6.07) is 6.72. The van der Waals surface area contributed by atoms with Gasteiger partial charge in [-0.3, -0.25) is 4.79 Å². The van der Waals surface area contributed by atoms with Crippen molar-refractivity contribution in [2.75, 3.05) is 0 Å². The van der Waals surface area contributed by atoms with Gasteiger partial charge >= 0.3 is 5.97 Å². The van der Waals surface area contributed by atoms with Crippen molar-refractivity contribution >= 4 is 11.9 Å². The van der Waals surface area contributed by atoms with Crippen LogP contribution in [0.2, 0.25) is 0 Å². The molecule has 2 rings (SSSR count). The van der Waals surface area contributed by atoms with Crippen LogP contribution in [-0.4, -0.2) is 38.0 Å². The van der Waals surface area contributed by atoms with Crippen LogP contribution in [0.25, 0.3) is 5.69 Å². The summed E-state index contributed by atoms with van der Waals surface area (Å²) in [5.41, 5.74) is 2.56. The van der Waals surface area contributed by atoms with Crippen LogP contribution in [0.3, 0.4) is 0 Å². The van der Waals surface area contributed by atoms with Crippen LogP contribution in [0.1, 0.15) is 42.0 Å². The SMILES string of the molecule is Cc1cccc(-n2nnc(C(=O)N[C@@H](CC(C)C)C(=O)O)c2C)c1. The van der Waals surface area contributed by atoms with E-state index in [9.17, 15) is 14.7 Å². The number of hydrogen-bond donors (Lipinski definition) is 2. The fourth-order valence-electron chi connectivity index (χ4n) is 2.46. The molecule has 1 amide bonds. The van der Waals surface area contributed by atoms with Gasteiger partial charge in [0, 0.05) is 0 Å². The molecule has 1 aromatic heterocycles. The van der Waals surface area contributed by atoms with E-state index in [4.69, 9.17) is 0 Å². The first-order chi connectivity index (χ1) is 11.3. The Hall–Kier alpha value is -2.70. The molecular formula is C17H22N4O3. The van der Waals surface area contributed by atoms with Crippen LogP contribution in [-0.2, 0) is 4.79 Å². The highest BCUT2D eigenvalue weighted by molar-refractivity contribution is 5.95. The first-order valence-corrected chi connectivity index (χ1v) is 7.82. The Labute approximate surface area is 140 Å². The first kappa shape index (κ1) is 17.7. The number of carbonyl (C=O) groups is 2. The average molecular weight is 330 g/mol. The molecule has 2 aromatic rings. The Morgan fingerprint density at radius 2 is 2.00 bits per heavy atom. The fourth-order valence-corrected chi connectivity index (χ4v) is 2.46. The van der Waals surface area contributed by atoms with Crippen molar-refractivity contribution in [2.24, 2.45) is 5.92 Å². The Kier molecular flexibility index (Phi) is 5.33. The summed E-state index contributed by atoms with van der Waals surface area (Å²) in [4.78, 5) is 23.7.